The Kier molecular flexibility index (Phi) is 6.32. The van der Waals surface area contributed by atoms with E-state index in [9.17, 15) is 9.59 Å². The molecule has 0 unspecified atom stereocenters. The van der Waals surface area contributed by atoms with Crippen molar-refractivity contribution in [3.63, 3.8) is 0 Å². The van der Waals surface area contributed by atoms with E-state index in [2.05, 4.69) is 10.2 Å². The largest absolute Gasteiger partial charge is 0.497 e. The van der Waals surface area contributed by atoms with Gasteiger partial charge in [0.2, 0.25) is 5.91 Å². The molecule has 146 valence electrons. The van der Waals surface area contributed by atoms with Crippen molar-refractivity contribution < 1.29 is 14.3 Å². The van der Waals surface area contributed by atoms with E-state index in [0.29, 0.717) is 18.7 Å². The molecule has 3 rings (SSSR count). The van der Waals surface area contributed by atoms with Gasteiger partial charge in [-0.05, 0) is 48.0 Å². The number of carbonyl (C=O) groups excluding carboxylic acids is 2. The third kappa shape index (κ3) is 4.71. The number of hydrogen-bond acceptors (Lipinski definition) is 4. The maximum absolute atomic E-state index is 12.5. The fraction of sp³-hybridized carbons (Fsp3) is 0.273. The van der Waals surface area contributed by atoms with Crippen LogP contribution in [0.3, 0.4) is 0 Å². The lowest BCUT2D eigenvalue weighted by atomic mass is 10.1. The molecule has 28 heavy (non-hydrogen) atoms. The van der Waals surface area contributed by atoms with Gasteiger partial charge in [0.1, 0.15) is 5.75 Å². The molecule has 1 saturated heterocycles. The second-order valence-electron chi connectivity index (χ2n) is 6.54. The average molecular weight is 379 g/mol. The molecule has 6 nitrogen and oxygen atoms in total. The Morgan fingerprint density at radius 1 is 0.964 bits per heavy atom. The van der Waals surface area contributed by atoms with Crippen LogP contribution >= 0.6 is 0 Å². The van der Waals surface area contributed by atoms with E-state index in [1.807, 2.05) is 41.3 Å². The minimum atomic E-state index is -0.124. The van der Waals surface area contributed by atoms with E-state index >= 15 is 0 Å². The summed E-state index contributed by atoms with van der Waals surface area (Å²) >= 11 is 0. The number of ether oxygens (including phenoxy) is 1. The number of hydrogen-bond donors (Lipinski definition) is 1. The number of methoxy groups -OCH3 is 1. The van der Waals surface area contributed by atoms with Crippen LogP contribution in [0.15, 0.2) is 54.6 Å². The zero-order chi connectivity index (χ0) is 19.9. The first-order valence-electron chi connectivity index (χ1n) is 9.29. The summed E-state index contributed by atoms with van der Waals surface area (Å²) < 4.78 is 5.19. The molecule has 0 atom stereocenters. The maximum atomic E-state index is 12.5. The highest BCUT2D eigenvalue weighted by atomic mass is 16.5. The first-order valence-corrected chi connectivity index (χ1v) is 9.29. The third-order valence-corrected chi connectivity index (χ3v) is 4.85. The van der Waals surface area contributed by atoms with Gasteiger partial charge in [-0.15, -0.1) is 0 Å². The molecule has 0 aliphatic carbocycles. The van der Waals surface area contributed by atoms with Crippen LogP contribution in [0.2, 0.25) is 0 Å². The van der Waals surface area contributed by atoms with E-state index in [1.165, 1.54) is 0 Å². The quantitative estimate of drug-likeness (QED) is 0.811. The molecule has 1 N–H and O–H groups in total. The Hall–Kier alpha value is -3.28. The highest BCUT2D eigenvalue weighted by molar-refractivity contribution is 5.95. The van der Waals surface area contributed by atoms with E-state index < -0.39 is 0 Å². The Morgan fingerprint density at radius 2 is 1.61 bits per heavy atom. The Labute approximate surface area is 165 Å². The van der Waals surface area contributed by atoms with E-state index in [-0.39, 0.29) is 11.8 Å². The second kappa shape index (κ2) is 9.08. The van der Waals surface area contributed by atoms with E-state index in [0.717, 1.165) is 30.1 Å². The van der Waals surface area contributed by atoms with Crippen molar-refractivity contribution in [1.29, 1.82) is 0 Å². The lowest BCUT2D eigenvalue weighted by molar-refractivity contribution is -0.126. The van der Waals surface area contributed by atoms with Gasteiger partial charge in [-0.25, -0.2) is 0 Å². The standard InChI is InChI=1S/C22H25N3O3/c1-23-22(27)18-6-3-17(4-7-18)5-12-21(26)25-15-13-24(14-16-25)19-8-10-20(28-2)11-9-19/h3-12H,13-16H2,1-2H3,(H,23,27)/b12-5+. The summed E-state index contributed by atoms with van der Waals surface area (Å²) in [6.07, 6.45) is 3.38. The van der Waals surface area contributed by atoms with Crippen LogP contribution in [0.1, 0.15) is 15.9 Å². The molecule has 6 heteroatoms. The smallest absolute Gasteiger partial charge is 0.251 e. The van der Waals surface area contributed by atoms with Gasteiger partial charge in [0.05, 0.1) is 7.11 Å². The van der Waals surface area contributed by atoms with Crippen LogP contribution < -0.4 is 15.0 Å². The maximum Gasteiger partial charge on any atom is 0.251 e. The van der Waals surface area contributed by atoms with Crippen molar-refractivity contribution in [2.75, 3.05) is 45.2 Å². The topological polar surface area (TPSA) is 61.9 Å². The third-order valence-electron chi connectivity index (χ3n) is 4.85. The van der Waals surface area contributed by atoms with Gasteiger partial charge < -0.3 is 19.9 Å². The molecule has 1 aliphatic rings. The summed E-state index contributed by atoms with van der Waals surface area (Å²) in [5.41, 5.74) is 2.62. The SMILES string of the molecule is CNC(=O)c1ccc(/C=C/C(=O)N2CCN(c3ccc(OC)cc3)CC2)cc1. The Morgan fingerprint density at radius 3 is 2.18 bits per heavy atom. The van der Waals surface area contributed by atoms with Crippen molar-refractivity contribution in [3.8, 4) is 5.75 Å². The van der Waals surface area contributed by atoms with Crippen LogP contribution in [0, 0.1) is 0 Å². The molecule has 1 aliphatic heterocycles. The molecule has 2 aromatic rings. The summed E-state index contributed by atoms with van der Waals surface area (Å²) in [6.45, 7) is 2.97. The fourth-order valence-corrected chi connectivity index (χ4v) is 3.14. The van der Waals surface area contributed by atoms with Gasteiger partial charge in [0, 0.05) is 50.6 Å². The second-order valence-corrected chi connectivity index (χ2v) is 6.54. The lowest BCUT2D eigenvalue weighted by Crippen LogP contribution is -2.48. The van der Waals surface area contributed by atoms with E-state index in [1.54, 1.807) is 38.4 Å². The number of amides is 2. The Bertz CT molecular complexity index is 836. The predicted molar refractivity (Wildman–Crippen MR) is 111 cm³/mol. The summed E-state index contributed by atoms with van der Waals surface area (Å²) in [4.78, 5) is 28.1. The monoisotopic (exact) mass is 379 g/mol. The summed E-state index contributed by atoms with van der Waals surface area (Å²) in [6, 6.07) is 15.1. The molecular weight excluding hydrogens is 354 g/mol. The molecule has 0 spiro atoms. The number of carbonyl (C=O) groups is 2. The number of piperazine rings is 1. The van der Waals surface area contributed by atoms with Gasteiger partial charge >= 0.3 is 0 Å². The zero-order valence-electron chi connectivity index (χ0n) is 16.2. The minimum absolute atomic E-state index is 0.00441. The molecule has 0 radical (unpaired) electrons. The minimum Gasteiger partial charge on any atom is -0.497 e. The molecule has 1 fully saturated rings. The molecule has 1 heterocycles. The molecule has 0 aromatic heterocycles. The van der Waals surface area contributed by atoms with Gasteiger partial charge in [0.25, 0.3) is 5.91 Å². The predicted octanol–water partition coefficient (Wildman–Crippen LogP) is 2.42. The number of nitrogens with one attached hydrogen (secondary N) is 1. The van der Waals surface area contributed by atoms with E-state index in [4.69, 9.17) is 4.74 Å². The van der Waals surface area contributed by atoms with Crippen LogP contribution in [0.25, 0.3) is 6.08 Å². The van der Waals surface area contributed by atoms with Crippen LogP contribution in [-0.4, -0.2) is 57.1 Å². The number of rotatable bonds is 5. The van der Waals surface area contributed by atoms with Crippen molar-refractivity contribution in [2.24, 2.45) is 0 Å². The van der Waals surface area contributed by atoms with Crippen LogP contribution in [0.5, 0.6) is 5.75 Å². The first kappa shape index (κ1) is 19.5. The zero-order valence-corrected chi connectivity index (χ0v) is 16.2. The summed E-state index contributed by atoms with van der Waals surface area (Å²) in [5, 5.41) is 2.59. The molecule has 2 aromatic carbocycles. The Balaban J connectivity index is 1.53. The number of anilines is 1. The number of nitrogens with zero attached hydrogens (tertiary/aromatic N) is 2. The van der Waals surface area contributed by atoms with Crippen molar-refractivity contribution in [2.45, 2.75) is 0 Å². The molecule has 0 saturated carbocycles. The highest BCUT2D eigenvalue weighted by Crippen LogP contribution is 2.20. The van der Waals surface area contributed by atoms with Gasteiger partial charge in [-0.3, -0.25) is 9.59 Å². The van der Waals surface area contributed by atoms with Crippen LogP contribution in [0.4, 0.5) is 5.69 Å². The summed E-state index contributed by atoms with van der Waals surface area (Å²) in [7, 11) is 3.26. The van der Waals surface area contributed by atoms with Gasteiger partial charge in [-0.2, -0.15) is 0 Å². The number of benzene rings is 2. The normalized spacial score (nSPS) is 14.2. The molecule has 2 amide bonds. The summed E-state index contributed by atoms with van der Waals surface area (Å²) in [5.74, 6) is 0.720. The fourth-order valence-electron chi connectivity index (χ4n) is 3.14. The van der Waals surface area contributed by atoms with Gasteiger partial charge in [-0.1, -0.05) is 12.1 Å². The van der Waals surface area contributed by atoms with Crippen molar-refractivity contribution in [1.82, 2.24) is 10.2 Å². The van der Waals surface area contributed by atoms with Gasteiger partial charge in [0.15, 0.2) is 0 Å². The lowest BCUT2D eigenvalue weighted by Gasteiger charge is -2.35. The van der Waals surface area contributed by atoms with Crippen molar-refractivity contribution >= 4 is 23.6 Å². The average Bonchev–Trinajstić information content (AvgIpc) is 2.77. The molecular formula is C22H25N3O3. The molecule has 0 bridgehead atoms. The first-order chi connectivity index (χ1) is 13.6. The van der Waals surface area contributed by atoms with Crippen LogP contribution in [-0.2, 0) is 4.79 Å². The highest BCUT2D eigenvalue weighted by Gasteiger charge is 2.19. The van der Waals surface area contributed by atoms with Crippen molar-refractivity contribution in [3.05, 3.63) is 65.7 Å².